The summed E-state index contributed by atoms with van der Waals surface area (Å²) in [5, 5.41) is 11.6. The van der Waals surface area contributed by atoms with Gasteiger partial charge in [0.1, 0.15) is 18.1 Å². The Morgan fingerprint density at radius 2 is 1.63 bits per heavy atom. The molecule has 1 aliphatic carbocycles. The standard InChI is InChI=1S/C32H38N6O4S/c1-3-23(2)35-43(41,42)27-20-18-26(19-21-27)38(30(39)22-37-29-17-11-10-16-28(29)34-36-37)31(24-12-6-4-7-13-24)32(40)33-25-14-8-5-9-15-25/h4,6-7,10-13,16-21,23,25,31,35H,3,5,8-9,14-15,22H2,1-2H3,(H,33,40)/t23-,31-/m1/s1. The third-order valence-corrected chi connectivity index (χ3v) is 9.55. The molecule has 0 aliphatic heterocycles. The van der Waals surface area contributed by atoms with Crippen LogP contribution in [0.15, 0.2) is 83.8 Å². The predicted molar refractivity (Wildman–Crippen MR) is 166 cm³/mol. The Labute approximate surface area is 252 Å². The third-order valence-electron chi connectivity index (χ3n) is 7.94. The first-order chi connectivity index (χ1) is 20.8. The van der Waals surface area contributed by atoms with E-state index in [0.29, 0.717) is 28.7 Å². The number of hydrogen-bond donors (Lipinski definition) is 2. The Balaban J connectivity index is 1.55. The maximum absolute atomic E-state index is 14.3. The maximum Gasteiger partial charge on any atom is 0.249 e. The van der Waals surface area contributed by atoms with Crippen LogP contribution in [-0.4, -0.2) is 47.3 Å². The Morgan fingerprint density at radius 3 is 2.33 bits per heavy atom. The SMILES string of the molecule is CC[C@@H](C)NS(=O)(=O)c1ccc(N(C(=O)Cn2nnc3ccccc32)[C@@H](C(=O)NC2CCCCC2)c2ccccc2)cc1. The fourth-order valence-corrected chi connectivity index (χ4v) is 6.78. The summed E-state index contributed by atoms with van der Waals surface area (Å²) in [6.07, 6.45) is 5.66. The largest absolute Gasteiger partial charge is 0.351 e. The zero-order valence-corrected chi connectivity index (χ0v) is 25.3. The zero-order chi connectivity index (χ0) is 30.4. The second-order valence-corrected chi connectivity index (χ2v) is 12.8. The summed E-state index contributed by atoms with van der Waals surface area (Å²) in [6, 6.07) is 21.4. The van der Waals surface area contributed by atoms with E-state index in [1.165, 1.54) is 21.7 Å². The molecule has 1 fully saturated rings. The summed E-state index contributed by atoms with van der Waals surface area (Å²) in [5.41, 5.74) is 2.38. The number of sulfonamides is 1. The van der Waals surface area contributed by atoms with E-state index >= 15 is 0 Å². The molecule has 1 aliphatic rings. The van der Waals surface area contributed by atoms with Gasteiger partial charge in [-0.3, -0.25) is 14.5 Å². The molecular formula is C32H38N6O4S. The number of rotatable bonds is 11. The summed E-state index contributed by atoms with van der Waals surface area (Å²) >= 11 is 0. The van der Waals surface area contributed by atoms with Gasteiger partial charge in [-0.1, -0.05) is 73.9 Å². The van der Waals surface area contributed by atoms with Gasteiger partial charge in [0.05, 0.1) is 10.4 Å². The molecule has 226 valence electrons. The van der Waals surface area contributed by atoms with Crippen molar-refractivity contribution in [2.75, 3.05) is 4.90 Å². The van der Waals surface area contributed by atoms with Crippen LogP contribution in [0.3, 0.4) is 0 Å². The number of carbonyl (C=O) groups excluding carboxylic acids is 2. The molecule has 11 heteroatoms. The zero-order valence-electron chi connectivity index (χ0n) is 24.5. The molecule has 1 heterocycles. The molecule has 0 unspecified atom stereocenters. The number of fused-ring (bicyclic) bond motifs is 1. The second-order valence-electron chi connectivity index (χ2n) is 11.1. The number of nitrogens with one attached hydrogen (secondary N) is 2. The first kappa shape index (κ1) is 30.4. The fourth-order valence-electron chi connectivity index (χ4n) is 5.46. The number of amides is 2. The summed E-state index contributed by atoms with van der Waals surface area (Å²) in [6.45, 7) is 3.53. The minimum atomic E-state index is -3.76. The lowest BCUT2D eigenvalue weighted by Crippen LogP contribution is -2.48. The van der Waals surface area contributed by atoms with Crippen LogP contribution in [0.5, 0.6) is 0 Å². The van der Waals surface area contributed by atoms with E-state index in [-0.39, 0.29) is 29.4 Å². The molecule has 0 spiro atoms. The molecule has 2 amide bonds. The highest BCUT2D eigenvalue weighted by Crippen LogP contribution is 2.31. The average Bonchev–Trinajstić information content (AvgIpc) is 3.43. The first-order valence-electron chi connectivity index (χ1n) is 14.8. The normalized spacial score (nSPS) is 15.6. The molecule has 0 bridgehead atoms. The van der Waals surface area contributed by atoms with Crippen molar-refractivity contribution in [3.8, 4) is 0 Å². The van der Waals surface area contributed by atoms with Gasteiger partial charge in [-0.25, -0.2) is 17.8 Å². The molecule has 0 radical (unpaired) electrons. The molecule has 2 atom stereocenters. The van der Waals surface area contributed by atoms with Crippen molar-refractivity contribution in [3.05, 3.63) is 84.4 Å². The second kappa shape index (κ2) is 13.5. The maximum atomic E-state index is 14.3. The summed E-state index contributed by atoms with van der Waals surface area (Å²) in [7, 11) is -3.76. The van der Waals surface area contributed by atoms with Gasteiger partial charge in [-0.15, -0.1) is 5.10 Å². The van der Waals surface area contributed by atoms with Gasteiger partial charge in [-0.05, 0) is 68.1 Å². The van der Waals surface area contributed by atoms with Crippen LogP contribution in [0, 0.1) is 0 Å². The highest BCUT2D eigenvalue weighted by Gasteiger charge is 2.34. The smallest absolute Gasteiger partial charge is 0.249 e. The van der Waals surface area contributed by atoms with Gasteiger partial charge in [0.2, 0.25) is 21.8 Å². The molecule has 10 nitrogen and oxygen atoms in total. The lowest BCUT2D eigenvalue weighted by atomic mass is 9.94. The molecule has 3 aromatic carbocycles. The van der Waals surface area contributed by atoms with E-state index in [1.807, 2.05) is 61.5 Å². The van der Waals surface area contributed by atoms with Crippen molar-refractivity contribution in [1.82, 2.24) is 25.0 Å². The van der Waals surface area contributed by atoms with Crippen molar-refractivity contribution in [1.29, 1.82) is 0 Å². The number of aromatic nitrogens is 3. The third kappa shape index (κ3) is 7.11. The van der Waals surface area contributed by atoms with Crippen LogP contribution >= 0.6 is 0 Å². The highest BCUT2D eigenvalue weighted by atomic mass is 32.2. The summed E-state index contributed by atoms with van der Waals surface area (Å²) < 4.78 is 30.1. The number of para-hydroxylation sites is 1. The molecule has 0 saturated heterocycles. The van der Waals surface area contributed by atoms with E-state index in [4.69, 9.17) is 0 Å². The van der Waals surface area contributed by atoms with Gasteiger partial charge in [-0.2, -0.15) is 0 Å². The van der Waals surface area contributed by atoms with Crippen molar-refractivity contribution in [2.24, 2.45) is 0 Å². The monoisotopic (exact) mass is 602 g/mol. The van der Waals surface area contributed by atoms with Gasteiger partial charge < -0.3 is 5.32 Å². The highest BCUT2D eigenvalue weighted by molar-refractivity contribution is 7.89. The van der Waals surface area contributed by atoms with Gasteiger partial charge in [0.15, 0.2) is 0 Å². The minimum absolute atomic E-state index is 0.0304. The molecule has 2 N–H and O–H groups in total. The quantitative estimate of drug-likeness (QED) is 0.256. The molecule has 4 aromatic rings. The molecular weight excluding hydrogens is 564 g/mol. The van der Waals surface area contributed by atoms with Crippen LogP contribution in [-0.2, 0) is 26.2 Å². The van der Waals surface area contributed by atoms with Crippen LogP contribution in [0.2, 0.25) is 0 Å². The first-order valence-corrected chi connectivity index (χ1v) is 16.3. The number of anilines is 1. The summed E-state index contributed by atoms with van der Waals surface area (Å²) in [5.74, 6) is -0.679. The Hall–Kier alpha value is -4.09. The molecule has 5 rings (SSSR count). The van der Waals surface area contributed by atoms with E-state index in [9.17, 15) is 18.0 Å². The number of hydrogen-bond acceptors (Lipinski definition) is 6. The van der Waals surface area contributed by atoms with E-state index < -0.39 is 22.0 Å². The fraction of sp³-hybridized carbons (Fsp3) is 0.375. The van der Waals surface area contributed by atoms with Crippen molar-refractivity contribution >= 4 is 38.6 Å². The number of benzene rings is 3. The average molecular weight is 603 g/mol. The van der Waals surface area contributed by atoms with Crippen LogP contribution in [0.25, 0.3) is 11.0 Å². The van der Waals surface area contributed by atoms with Crippen LogP contribution in [0.1, 0.15) is 64.0 Å². The van der Waals surface area contributed by atoms with Crippen molar-refractivity contribution in [3.63, 3.8) is 0 Å². The summed E-state index contributed by atoms with van der Waals surface area (Å²) in [4.78, 5) is 29.9. The minimum Gasteiger partial charge on any atom is -0.351 e. The van der Waals surface area contributed by atoms with Gasteiger partial charge in [0, 0.05) is 17.8 Å². The van der Waals surface area contributed by atoms with Crippen LogP contribution in [0.4, 0.5) is 5.69 Å². The predicted octanol–water partition coefficient (Wildman–Crippen LogP) is 4.73. The number of carbonyl (C=O) groups is 2. The Kier molecular flexibility index (Phi) is 9.52. The lowest BCUT2D eigenvalue weighted by Gasteiger charge is -2.33. The lowest BCUT2D eigenvalue weighted by molar-refractivity contribution is -0.127. The van der Waals surface area contributed by atoms with E-state index in [2.05, 4.69) is 20.4 Å². The van der Waals surface area contributed by atoms with E-state index in [1.54, 1.807) is 19.1 Å². The number of nitrogens with zero attached hydrogens (tertiary/aromatic N) is 4. The van der Waals surface area contributed by atoms with Crippen molar-refractivity contribution in [2.45, 2.75) is 81.9 Å². The van der Waals surface area contributed by atoms with Crippen molar-refractivity contribution < 1.29 is 18.0 Å². The van der Waals surface area contributed by atoms with Crippen LogP contribution < -0.4 is 14.9 Å². The molecule has 1 aromatic heterocycles. The molecule has 1 saturated carbocycles. The van der Waals surface area contributed by atoms with E-state index in [0.717, 1.165) is 32.1 Å². The van der Waals surface area contributed by atoms with Gasteiger partial charge >= 0.3 is 0 Å². The Morgan fingerprint density at radius 1 is 0.953 bits per heavy atom. The topological polar surface area (TPSA) is 126 Å². The Bertz CT molecular complexity index is 1650. The molecule has 43 heavy (non-hydrogen) atoms. The van der Waals surface area contributed by atoms with Gasteiger partial charge in [0.25, 0.3) is 0 Å².